The van der Waals surface area contributed by atoms with Gasteiger partial charge in [-0.15, -0.1) is 11.6 Å². The van der Waals surface area contributed by atoms with Gasteiger partial charge in [-0.25, -0.2) is 0 Å². The Bertz CT molecular complexity index is 321. The Morgan fingerprint density at radius 1 is 1.47 bits per heavy atom. The molecule has 6 heteroatoms. The minimum Gasteiger partial charge on any atom is -0.195 e. The summed E-state index contributed by atoms with van der Waals surface area (Å²) in [6.07, 6.45) is 3.94. The van der Waals surface area contributed by atoms with Gasteiger partial charge >= 0.3 is 0 Å². The van der Waals surface area contributed by atoms with E-state index in [1.807, 2.05) is 0 Å². The van der Waals surface area contributed by atoms with Crippen LogP contribution in [0.5, 0.6) is 0 Å². The standard InChI is InChI=1S/C11H23ClN2O2S/c1-3-5-11-6-9-14(10-11)17(15,16)13(2)8-4-7-12/h11H,3-10H2,1-2H3. The Morgan fingerprint density at radius 2 is 2.18 bits per heavy atom. The number of rotatable bonds is 7. The molecule has 0 aromatic rings. The van der Waals surface area contributed by atoms with Crippen molar-refractivity contribution in [2.75, 3.05) is 32.6 Å². The zero-order chi connectivity index (χ0) is 12.9. The lowest BCUT2D eigenvalue weighted by atomic mass is 10.0. The normalized spacial score (nSPS) is 22.5. The highest BCUT2D eigenvalue weighted by atomic mass is 35.5. The van der Waals surface area contributed by atoms with Crippen LogP contribution >= 0.6 is 11.6 Å². The first-order valence-corrected chi connectivity index (χ1v) is 8.22. The lowest BCUT2D eigenvalue weighted by Crippen LogP contribution is -2.41. The summed E-state index contributed by atoms with van der Waals surface area (Å²) >= 11 is 5.58. The van der Waals surface area contributed by atoms with E-state index in [1.54, 1.807) is 11.4 Å². The molecule has 0 amide bonds. The molecular formula is C11H23ClN2O2S. The van der Waals surface area contributed by atoms with Crippen LogP contribution in [-0.4, -0.2) is 49.6 Å². The Morgan fingerprint density at radius 3 is 2.76 bits per heavy atom. The van der Waals surface area contributed by atoms with Gasteiger partial charge in [-0.1, -0.05) is 13.3 Å². The van der Waals surface area contributed by atoms with Crippen LogP contribution in [-0.2, 0) is 10.2 Å². The molecule has 1 unspecified atom stereocenters. The molecule has 0 N–H and O–H groups in total. The monoisotopic (exact) mass is 282 g/mol. The van der Waals surface area contributed by atoms with E-state index in [4.69, 9.17) is 11.6 Å². The third-order valence-corrected chi connectivity index (χ3v) is 5.49. The number of alkyl halides is 1. The van der Waals surface area contributed by atoms with E-state index in [-0.39, 0.29) is 0 Å². The van der Waals surface area contributed by atoms with Crippen LogP contribution < -0.4 is 0 Å². The van der Waals surface area contributed by atoms with Crippen molar-refractivity contribution in [3.05, 3.63) is 0 Å². The smallest absolute Gasteiger partial charge is 0.195 e. The van der Waals surface area contributed by atoms with Gasteiger partial charge in [0.1, 0.15) is 0 Å². The van der Waals surface area contributed by atoms with Crippen molar-refractivity contribution < 1.29 is 8.42 Å². The molecule has 1 aliphatic rings. The topological polar surface area (TPSA) is 40.6 Å². The summed E-state index contributed by atoms with van der Waals surface area (Å²) in [5.41, 5.74) is 0. The molecule has 0 aliphatic carbocycles. The fourth-order valence-corrected chi connectivity index (χ4v) is 3.85. The summed E-state index contributed by atoms with van der Waals surface area (Å²) in [7, 11) is -1.62. The predicted octanol–water partition coefficient (Wildman–Crippen LogP) is 1.91. The summed E-state index contributed by atoms with van der Waals surface area (Å²) in [6.45, 7) is 3.99. The Hall–Kier alpha value is 0.160. The molecule has 0 bridgehead atoms. The van der Waals surface area contributed by atoms with Gasteiger partial charge in [0.15, 0.2) is 0 Å². The molecule has 0 saturated carbocycles. The largest absolute Gasteiger partial charge is 0.281 e. The van der Waals surface area contributed by atoms with Crippen LogP contribution in [0.1, 0.15) is 32.6 Å². The SMILES string of the molecule is CCCC1CCN(S(=O)(=O)N(C)CCCCl)C1. The van der Waals surface area contributed by atoms with Crippen LogP contribution in [0, 0.1) is 5.92 Å². The van der Waals surface area contributed by atoms with E-state index >= 15 is 0 Å². The van der Waals surface area contributed by atoms with E-state index in [0.29, 0.717) is 37.9 Å². The minimum atomic E-state index is -3.25. The molecule has 4 nitrogen and oxygen atoms in total. The molecule has 1 fully saturated rings. The predicted molar refractivity (Wildman–Crippen MR) is 71.5 cm³/mol. The van der Waals surface area contributed by atoms with Crippen LogP contribution in [0.4, 0.5) is 0 Å². The van der Waals surface area contributed by atoms with E-state index in [2.05, 4.69) is 6.92 Å². The van der Waals surface area contributed by atoms with Gasteiger partial charge in [-0.05, 0) is 25.2 Å². The van der Waals surface area contributed by atoms with E-state index in [0.717, 1.165) is 19.3 Å². The summed E-state index contributed by atoms with van der Waals surface area (Å²) in [4.78, 5) is 0. The second-order valence-electron chi connectivity index (χ2n) is 4.67. The number of hydrogen-bond acceptors (Lipinski definition) is 2. The van der Waals surface area contributed by atoms with Gasteiger partial charge in [0.25, 0.3) is 10.2 Å². The lowest BCUT2D eigenvalue weighted by molar-refractivity contribution is 0.383. The molecule has 0 aromatic heterocycles. The maximum absolute atomic E-state index is 12.2. The van der Waals surface area contributed by atoms with Crippen LogP contribution in [0.2, 0.25) is 0 Å². The van der Waals surface area contributed by atoms with Crippen LogP contribution in [0.25, 0.3) is 0 Å². The molecule has 1 saturated heterocycles. The summed E-state index contributed by atoms with van der Waals surface area (Å²) in [6, 6.07) is 0. The van der Waals surface area contributed by atoms with Crippen LogP contribution in [0.3, 0.4) is 0 Å². The molecule has 0 spiro atoms. The number of halogens is 1. The third-order valence-electron chi connectivity index (χ3n) is 3.27. The average Bonchev–Trinajstić information content (AvgIpc) is 2.75. The molecule has 102 valence electrons. The Labute approximate surface area is 110 Å². The van der Waals surface area contributed by atoms with Crippen molar-refractivity contribution in [1.82, 2.24) is 8.61 Å². The summed E-state index contributed by atoms with van der Waals surface area (Å²) in [5, 5.41) is 0. The van der Waals surface area contributed by atoms with E-state index in [1.165, 1.54) is 4.31 Å². The molecule has 0 aromatic carbocycles. The summed E-state index contributed by atoms with van der Waals surface area (Å²) < 4.78 is 27.4. The summed E-state index contributed by atoms with van der Waals surface area (Å²) in [5.74, 6) is 1.04. The molecule has 0 radical (unpaired) electrons. The lowest BCUT2D eigenvalue weighted by Gasteiger charge is -2.23. The fourth-order valence-electron chi connectivity index (χ4n) is 2.25. The Balaban J connectivity index is 2.53. The zero-order valence-corrected chi connectivity index (χ0v) is 12.3. The Kier molecular flexibility index (Phi) is 6.20. The number of hydrogen-bond donors (Lipinski definition) is 0. The van der Waals surface area contributed by atoms with E-state index in [9.17, 15) is 8.42 Å². The third kappa shape index (κ3) is 4.09. The van der Waals surface area contributed by atoms with Crippen LogP contribution in [0.15, 0.2) is 0 Å². The van der Waals surface area contributed by atoms with E-state index < -0.39 is 10.2 Å². The zero-order valence-electron chi connectivity index (χ0n) is 10.7. The van der Waals surface area contributed by atoms with Gasteiger partial charge in [-0.2, -0.15) is 17.0 Å². The molecule has 1 rings (SSSR count). The second kappa shape index (κ2) is 6.92. The molecular weight excluding hydrogens is 260 g/mol. The minimum absolute atomic E-state index is 0.498. The average molecular weight is 283 g/mol. The maximum atomic E-state index is 12.2. The second-order valence-corrected chi connectivity index (χ2v) is 7.09. The quantitative estimate of drug-likeness (QED) is 0.670. The van der Waals surface area contributed by atoms with Crippen molar-refractivity contribution in [3.63, 3.8) is 0 Å². The van der Waals surface area contributed by atoms with Gasteiger partial charge < -0.3 is 0 Å². The highest BCUT2D eigenvalue weighted by molar-refractivity contribution is 7.86. The van der Waals surface area contributed by atoms with Gasteiger partial charge in [0, 0.05) is 32.6 Å². The van der Waals surface area contributed by atoms with Crippen molar-refractivity contribution in [3.8, 4) is 0 Å². The fraction of sp³-hybridized carbons (Fsp3) is 1.00. The first-order valence-electron chi connectivity index (χ1n) is 6.29. The highest BCUT2D eigenvalue weighted by Gasteiger charge is 2.33. The first kappa shape index (κ1) is 15.2. The van der Waals surface area contributed by atoms with Gasteiger partial charge in [0.2, 0.25) is 0 Å². The molecule has 1 heterocycles. The molecule has 1 aliphatic heterocycles. The highest BCUT2D eigenvalue weighted by Crippen LogP contribution is 2.24. The molecule has 1 atom stereocenters. The van der Waals surface area contributed by atoms with Gasteiger partial charge in [-0.3, -0.25) is 0 Å². The number of nitrogens with zero attached hydrogens (tertiary/aromatic N) is 2. The van der Waals surface area contributed by atoms with Crippen molar-refractivity contribution in [1.29, 1.82) is 0 Å². The maximum Gasteiger partial charge on any atom is 0.281 e. The van der Waals surface area contributed by atoms with Crippen molar-refractivity contribution in [2.45, 2.75) is 32.6 Å². The van der Waals surface area contributed by atoms with Gasteiger partial charge in [0.05, 0.1) is 0 Å². The van der Waals surface area contributed by atoms with Crippen molar-refractivity contribution in [2.24, 2.45) is 5.92 Å². The molecule has 17 heavy (non-hydrogen) atoms. The first-order chi connectivity index (χ1) is 8.02. The van der Waals surface area contributed by atoms with Crippen molar-refractivity contribution >= 4 is 21.8 Å².